The van der Waals surface area contributed by atoms with E-state index in [0.717, 1.165) is 13.0 Å². The van der Waals surface area contributed by atoms with E-state index in [-0.39, 0.29) is 5.56 Å². The van der Waals surface area contributed by atoms with E-state index in [1.165, 1.54) is 0 Å². The molecule has 0 aliphatic rings. The van der Waals surface area contributed by atoms with Crippen molar-refractivity contribution in [2.24, 2.45) is 0 Å². The Kier molecular flexibility index (Phi) is 2.81. The normalized spacial score (nSPS) is 10.2. The first-order valence-electron chi connectivity index (χ1n) is 3.95. The zero-order valence-corrected chi connectivity index (χ0v) is 8.07. The first-order chi connectivity index (χ1) is 5.65. The van der Waals surface area contributed by atoms with Gasteiger partial charge in [0.25, 0.3) is 5.56 Å². The number of hydrogen-bond acceptors (Lipinski definition) is 2. The van der Waals surface area contributed by atoms with E-state index >= 15 is 0 Å². The minimum Gasteiger partial charge on any atom is -0.325 e. The van der Waals surface area contributed by atoms with E-state index in [2.05, 4.69) is 11.9 Å². The van der Waals surface area contributed by atoms with Gasteiger partial charge in [0.15, 0.2) is 4.77 Å². The SMILES string of the molecule is CCCn1cc(C)c(=O)[nH]c1=S. The van der Waals surface area contributed by atoms with Crippen LogP contribution in [0.5, 0.6) is 0 Å². The number of hydrogen-bond donors (Lipinski definition) is 1. The number of aromatic amines is 1. The summed E-state index contributed by atoms with van der Waals surface area (Å²) in [7, 11) is 0. The topological polar surface area (TPSA) is 37.8 Å². The Bertz CT molecular complexity index is 377. The van der Waals surface area contributed by atoms with Crippen LogP contribution in [0.3, 0.4) is 0 Å². The highest BCUT2D eigenvalue weighted by atomic mass is 32.1. The maximum absolute atomic E-state index is 11.1. The molecule has 0 amide bonds. The van der Waals surface area contributed by atoms with Gasteiger partial charge in [0, 0.05) is 18.3 Å². The van der Waals surface area contributed by atoms with Crippen molar-refractivity contribution in [1.82, 2.24) is 9.55 Å². The number of aryl methyl sites for hydroxylation is 2. The Morgan fingerprint density at radius 1 is 1.67 bits per heavy atom. The van der Waals surface area contributed by atoms with Crippen molar-refractivity contribution >= 4 is 12.2 Å². The molecule has 3 nitrogen and oxygen atoms in total. The monoisotopic (exact) mass is 184 g/mol. The van der Waals surface area contributed by atoms with E-state index in [0.29, 0.717) is 10.3 Å². The molecule has 0 atom stereocenters. The van der Waals surface area contributed by atoms with Crippen LogP contribution in [0.1, 0.15) is 18.9 Å². The summed E-state index contributed by atoms with van der Waals surface area (Å²) in [6, 6.07) is 0. The lowest BCUT2D eigenvalue weighted by molar-refractivity contribution is 0.644. The van der Waals surface area contributed by atoms with Crippen LogP contribution in [0.2, 0.25) is 0 Å². The van der Waals surface area contributed by atoms with Crippen molar-refractivity contribution in [3.8, 4) is 0 Å². The Morgan fingerprint density at radius 3 is 2.92 bits per heavy atom. The largest absolute Gasteiger partial charge is 0.325 e. The zero-order chi connectivity index (χ0) is 9.14. The van der Waals surface area contributed by atoms with Gasteiger partial charge in [-0.25, -0.2) is 0 Å². The van der Waals surface area contributed by atoms with Gasteiger partial charge in [0.2, 0.25) is 0 Å². The first kappa shape index (κ1) is 9.19. The molecular weight excluding hydrogens is 172 g/mol. The number of aromatic nitrogens is 2. The predicted octanol–water partition coefficient (Wildman–Crippen LogP) is 1.62. The van der Waals surface area contributed by atoms with Crippen LogP contribution in [0.4, 0.5) is 0 Å². The van der Waals surface area contributed by atoms with Crippen LogP contribution in [0.15, 0.2) is 11.0 Å². The highest BCUT2D eigenvalue weighted by Crippen LogP contribution is 1.93. The molecule has 1 aromatic heterocycles. The molecule has 1 aromatic rings. The molecular formula is C8H12N2OS. The molecule has 0 saturated heterocycles. The molecule has 0 spiro atoms. The van der Waals surface area contributed by atoms with Gasteiger partial charge >= 0.3 is 0 Å². The van der Waals surface area contributed by atoms with Crippen molar-refractivity contribution in [2.45, 2.75) is 26.8 Å². The summed E-state index contributed by atoms with van der Waals surface area (Å²) in [4.78, 5) is 13.7. The van der Waals surface area contributed by atoms with Gasteiger partial charge in [-0.15, -0.1) is 0 Å². The Morgan fingerprint density at radius 2 is 2.33 bits per heavy atom. The highest BCUT2D eigenvalue weighted by molar-refractivity contribution is 7.71. The molecule has 66 valence electrons. The third-order valence-corrected chi connectivity index (χ3v) is 1.99. The summed E-state index contributed by atoms with van der Waals surface area (Å²) in [5.74, 6) is 0. The average molecular weight is 184 g/mol. The van der Waals surface area contributed by atoms with Gasteiger partial charge in [-0.2, -0.15) is 0 Å². The zero-order valence-electron chi connectivity index (χ0n) is 7.26. The summed E-state index contributed by atoms with van der Waals surface area (Å²) in [5, 5.41) is 0. The molecule has 0 radical (unpaired) electrons. The smallest absolute Gasteiger partial charge is 0.254 e. The van der Waals surface area contributed by atoms with E-state index in [1.54, 1.807) is 13.1 Å². The molecule has 0 aliphatic carbocycles. The minimum absolute atomic E-state index is 0.0904. The highest BCUT2D eigenvalue weighted by Gasteiger charge is 1.95. The third-order valence-electron chi connectivity index (χ3n) is 1.65. The molecule has 0 aliphatic heterocycles. The van der Waals surface area contributed by atoms with E-state index in [9.17, 15) is 4.79 Å². The molecule has 4 heteroatoms. The number of rotatable bonds is 2. The molecule has 0 bridgehead atoms. The van der Waals surface area contributed by atoms with Crippen molar-refractivity contribution in [1.29, 1.82) is 0 Å². The maximum atomic E-state index is 11.1. The summed E-state index contributed by atoms with van der Waals surface area (Å²) in [6.45, 7) is 4.71. The summed E-state index contributed by atoms with van der Waals surface area (Å²) < 4.78 is 2.39. The van der Waals surface area contributed by atoms with Crippen molar-refractivity contribution in [3.05, 3.63) is 26.9 Å². The second-order valence-electron chi connectivity index (χ2n) is 2.76. The standard InChI is InChI=1S/C8H12N2OS/c1-3-4-10-5-6(2)7(11)9-8(10)12/h5H,3-4H2,1-2H3,(H,9,11,12). The fourth-order valence-corrected chi connectivity index (χ4v) is 1.26. The number of H-pyrrole nitrogens is 1. The van der Waals surface area contributed by atoms with Gasteiger partial charge in [0.1, 0.15) is 0 Å². The number of nitrogens with zero attached hydrogens (tertiary/aromatic N) is 1. The predicted molar refractivity (Wildman–Crippen MR) is 50.9 cm³/mol. The fraction of sp³-hybridized carbons (Fsp3) is 0.500. The summed E-state index contributed by atoms with van der Waals surface area (Å²) in [6.07, 6.45) is 2.81. The van der Waals surface area contributed by atoms with Gasteiger partial charge in [-0.1, -0.05) is 6.92 Å². The first-order valence-corrected chi connectivity index (χ1v) is 4.36. The minimum atomic E-state index is -0.0904. The van der Waals surface area contributed by atoms with Crippen molar-refractivity contribution in [2.75, 3.05) is 0 Å². The lowest BCUT2D eigenvalue weighted by Gasteiger charge is -2.04. The van der Waals surface area contributed by atoms with Crippen molar-refractivity contribution < 1.29 is 0 Å². The van der Waals surface area contributed by atoms with Crippen LogP contribution in [-0.4, -0.2) is 9.55 Å². The van der Waals surface area contributed by atoms with Crippen molar-refractivity contribution in [3.63, 3.8) is 0 Å². The Balaban J connectivity index is 3.24. The second-order valence-corrected chi connectivity index (χ2v) is 3.15. The van der Waals surface area contributed by atoms with Crippen LogP contribution in [0.25, 0.3) is 0 Å². The lowest BCUT2D eigenvalue weighted by Crippen LogP contribution is -2.15. The van der Waals surface area contributed by atoms with Crippen LogP contribution in [0, 0.1) is 11.7 Å². The lowest BCUT2D eigenvalue weighted by atomic mass is 10.4. The Hall–Kier alpha value is -0.900. The van der Waals surface area contributed by atoms with Crippen LogP contribution >= 0.6 is 12.2 Å². The molecule has 0 saturated carbocycles. The van der Waals surface area contributed by atoms with Gasteiger partial charge < -0.3 is 4.57 Å². The van der Waals surface area contributed by atoms with Crippen LogP contribution < -0.4 is 5.56 Å². The van der Waals surface area contributed by atoms with Gasteiger partial charge in [0.05, 0.1) is 0 Å². The molecule has 12 heavy (non-hydrogen) atoms. The second kappa shape index (κ2) is 3.67. The molecule has 1 N–H and O–H groups in total. The number of nitrogens with one attached hydrogen (secondary N) is 1. The maximum Gasteiger partial charge on any atom is 0.254 e. The van der Waals surface area contributed by atoms with Gasteiger partial charge in [-0.05, 0) is 25.6 Å². The average Bonchev–Trinajstić information content (AvgIpc) is 2.01. The fourth-order valence-electron chi connectivity index (χ4n) is 1.03. The molecule has 0 fully saturated rings. The molecule has 1 rings (SSSR count). The summed E-state index contributed by atoms with van der Waals surface area (Å²) >= 11 is 4.97. The van der Waals surface area contributed by atoms with Crippen LogP contribution in [-0.2, 0) is 6.54 Å². The summed E-state index contributed by atoms with van der Waals surface area (Å²) in [5.41, 5.74) is 0.615. The van der Waals surface area contributed by atoms with E-state index in [4.69, 9.17) is 12.2 Å². The van der Waals surface area contributed by atoms with E-state index in [1.807, 2.05) is 4.57 Å². The third kappa shape index (κ3) is 1.82. The van der Waals surface area contributed by atoms with E-state index < -0.39 is 0 Å². The Labute approximate surface area is 76.1 Å². The molecule has 1 heterocycles. The quantitative estimate of drug-likeness (QED) is 0.709. The molecule has 0 unspecified atom stereocenters. The molecule has 0 aromatic carbocycles. The van der Waals surface area contributed by atoms with Gasteiger partial charge in [-0.3, -0.25) is 9.78 Å².